The number of nitrogens with zero attached hydrogens (tertiary/aromatic N) is 3. The first-order valence-corrected chi connectivity index (χ1v) is 8.48. The van der Waals surface area contributed by atoms with Crippen molar-refractivity contribution in [3.8, 4) is 22.5 Å². The van der Waals surface area contributed by atoms with Crippen molar-refractivity contribution in [3.05, 3.63) is 66.5 Å². The summed E-state index contributed by atoms with van der Waals surface area (Å²) in [4.78, 5) is 8.99. The normalized spacial score (nSPS) is 12.0. The van der Waals surface area contributed by atoms with E-state index in [1.54, 1.807) is 30.6 Å². The van der Waals surface area contributed by atoms with Gasteiger partial charge in [0, 0.05) is 35.1 Å². The van der Waals surface area contributed by atoms with Gasteiger partial charge in [0.15, 0.2) is 0 Å². The Balaban J connectivity index is 2.34. The quantitative estimate of drug-likeness (QED) is 0.752. The van der Waals surface area contributed by atoms with Gasteiger partial charge < -0.3 is 9.67 Å². The van der Waals surface area contributed by atoms with Crippen molar-refractivity contribution in [3.63, 3.8) is 0 Å². The molecule has 0 saturated heterocycles. The number of imidazole rings is 1. The van der Waals surface area contributed by atoms with Crippen LogP contribution in [0.2, 0.25) is 0 Å². The molecule has 3 rings (SSSR count). The van der Waals surface area contributed by atoms with Crippen molar-refractivity contribution in [2.24, 2.45) is 0 Å². The Kier molecular flexibility index (Phi) is 5.00. The summed E-state index contributed by atoms with van der Waals surface area (Å²) >= 11 is 0. The fourth-order valence-electron chi connectivity index (χ4n) is 2.85. The molecule has 0 atom stereocenters. The van der Waals surface area contributed by atoms with Crippen molar-refractivity contribution in [1.82, 2.24) is 14.5 Å². The van der Waals surface area contributed by atoms with E-state index in [2.05, 4.69) is 25.8 Å². The third-order valence-electron chi connectivity index (χ3n) is 4.01. The fraction of sp³-hybridized carbons (Fsp3) is 0.238. The lowest BCUT2D eigenvalue weighted by atomic mass is 9.95. The Bertz CT molecular complexity index is 907. The van der Waals surface area contributed by atoms with Gasteiger partial charge in [-0.05, 0) is 42.5 Å². The minimum atomic E-state index is -0.283. The molecule has 134 valence electrons. The highest BCUT2D eigenvalue weighted by atomic mass is 19.1. The van der Waals surface area contributed by atoms with Crippen LogP contribution in [-0.2, 0) is 5.41 Å². The zero-order valence-electron chi connectivity index (χ0n) is 15.1. The third-order valence-corrected chi connectivity index (χ3v) is 4.01. The van der Waals surface area contributed by atoms with Crippen LogP contribution in [0.5, 0.6) is 0 Å². The van der Waals surface area contributed by atoms with Gasteiger partial charge in [-0.3, -0.25) is 4.98 Å². The number of hydrogen-bond acceptors (Lipinski definition) is 3. The van der Waals surface area contributed by atoms with Gasteiger partial charge in [0.05, 0.1) is 18.0 Å². The number of hydrogen-bond donors (Lipinski definition) is 1. The van der Waals surface area contributed by atoms with E-state index >= 15 is 0 Å². The van der Waals surface area contributed by atoms with Gasteiger partial charge in [0.1, 0.15) is 11.6 Å². The van der Waals surface area contributed by atoms with Crippen molar-refractivity contribution >= 4 is 6.20 Å². The fourth-order valence-corrected chi connectivity index (χ4v) is 2.85. The van der Waals surface area contributed by atoms with E-state index in [1.165, 1.54) is 12.1 Å². The first-order chi connectivity index (χ1) is 12.4. The maximum absolute atomic E-state index is 13.4. The van der Waals surface area contributed by atoms with E-state index in [1.807, 2.05) is 22.9 Å². The van der Waals surface area contributed by atoms with Gasteiger partial charge in [-0.2, -0.15) is 0 Å². The van der Waals surface area contributed by atoms with E-state index in [0.29, 0.717) is 0 Å². The summed E-state index contributed by atoms with van der Waals surface area (Å²) in [7, 11) is 0. The lowest BCUT2D eigenvalue weighted by Gasteiger charge is -2.19. The highest BCUT2D eigenvalue weighted by molar-refractivity contribution is 5.80. The molecule has 2 heterocycles. The molecule has 0 aliphatic rings. The molecule has 1 N–H and O–H groups in total. The molecule has 3 aromatic rings. The van der Waals surface area contributed by atoms with Crippen LogP contribution in [0.15, 0.2) is 54.9 Å². The Morgan fingerprint density at radius 2 is 1.69 bits per heavy atom. The Labute approximate surface area is 152 Å². The number of halogens is 1. The van der Waals surface area contributed by atoms with Gasteiger partial charge in [0.25, 0.3) is 0 Å². The second kappa shape index (κ2) is 7.22. The predicted octanol–water partition coefficient (Wildman–Crippen LogP) is 4.51. The van der Waals surface area contributed by atoms with E-state index in [-0.39, 0.29) is 17.8 Å². The molecule has 4 nitrogen and oxygen atoms in total. The van der Waals surface area contributed by atoms with E-state index in [0.717, 1.165) is 28.3 Å². The molecule has 0 saturated carbocycles. The van der Waals surface area contributed by atoms with E-state index in [9.17, 15) is 9.50 Å². The van der Waals surface area contributed by atoms with Crippen LogP contribution in [0.1, 0.15) is 26.6 Å². The molecule has 2 aromatic heterocycles. The molecule has 0 radical (unpaired) electrons. The molecule has 1 aromatic carbocycles. The molecule has 0 aliphatic carbocycles. The Morgan fingerprint density at radius 1 is 1.04 bits per heavy atom. The highest BCUT2D eigenvalue weighted by Crippen LogP contribution is 2.36. The van der Waals surface area contributed by atoms with E-state index in [4.69, 9.17) is 4.98 Å². The van der Waals surface area contributed by atoms with Gasteiger partial charge in [-0.25, -0.2) is 9.37 Å². The Morgan fingerprint density at radius 3 is 2.27 bits per heavy atom. The molecule has 5 heteroatoms. The highest BCUT2D eigenvalue weighted by Gasteiger charge is 2.26. The predicted molar refractivity (Wildman–Crippen MR) is 102 cm³/mol. The van der Waals surface area contributed by atoms with Crippen LogP contribution in [0, 0.1) is 5.82 Å². The summed E-state index contributed by atoms with van der Waals surface area (Å²) in [6, 6.07) is 10.2. The van der Waals surface area contributed by atoms with Crippen LogP contribution in [-0.4, -0.2) is 26.2 Å². The monoisotopic (exact) mass is 351 g/mol. The number of rotatable bonds is 4. The van der Waals surface area contributed by atoms with Gasteiger partial charge in [-0.1, -0.05) is 20.8 Å². The van der Waals surface area contributed by atoms with Crippen LogP contribution >= 0.6 is 0 Å². The standard InChI is InChI=1S/C21H22FN3O/c1-21(2,3)20-24-18(15-5-7-17(22)8-6-15)19(25(20)13-4-14-26)16-9-11-23-12-10-16/h4-13,26H,14H2,1-3H3. The van der Waals surface area contributed by atoms with Gasteiger partial charge >= 0.3 is 0 Å². The average Bonchev–Trinajstić information content (AvgIpc) is 3.01. The molecular formula is C21H22FN3O. The number of benzene rings is 1. The maximum atomic E-state index is 13.4. The van der Waals surface area contributed by atoms with Crippen molar-refractivity contribution in [2.45, 2.75) is 26.2 Å². The molecule has 0 fully saturated rings. The summed E-state index contributed by atoms with van der Waals surface area (Å²) in [5, 5.41) is 9.26. The van der Waals surface area contributed by atoms with Crippen LogP contribution in [0.3, 0.4) is 0 Å². The van der Waals surface area contributed by atoms with Crippen LogP contribution in [0.25, 0.3) is 28.7 Å². The molecule has 26 heavy (non-hydrogen) atoms. The summed E-state index contributed by atoms with van der Waals surface area (Å²) in [5.41, 5.74) is 3.21. The van der Waals surface area contributed by atoms with E-state index < -0.39 is 0 Å². The van der Waals surface area contributed by atoms with Crippen molar-refractivity contribution in [2.75, 3.05) is 6.61 Å². The topological polar surface area (TPSA) is 50.9 Å². The number of aromatic nitrogens is 3. The summed E-state index contributed by atoms with van der Waals surface area (Å²) in [6.07, 6.45) is 6.97. The molecular weight excluding hydrogens is 329 g/mol. The summed E-state index contributed by atoms with van der Waals surface area (Å²) < 4.78 is 15.4. The first kappa shape index (κ1) is 18.0. The minimum Gasteiger partial charge on any atom is -0.392 e. The van der Waals surface area contributed by atoms with Crippen LogP contribution < -0.4 is 0 Å². The second-order valence-electron chi connectivity index (χ2n) is 7.06. The third kappa shape index (κ3) is 3.58. The number of aliphatic hydroxyl groups is 1. The lowest BCUT2D eigenvalue weighted by Crippen LogP contribution is -2.17. The van der Waals surface area contributed by atoms with Gasteiger partial charge in [-0.15, -0.1) is 0 Å². The Hall–Kier alpha value is -2.79. The average molecular weight is 351 g/mol. The molecule has 0 bridgehead atoms. The zero-order valence-corrected chi connectivity index (χ0v) is 15.1. The van der Waals surface area contributed by atoms with Crippen molar-refractivity contribution < 1.29 is 9.50 Å². The number of aliphatic hydroxyl groups excluding tert-OH is 1. The van der Waals surface area contributed by atoms with Gasteiger partial charge in [0.2, 0.25) is 0 Å². The lowest BCUT2D eigenvalue weighted by molar-refractivity contribution is 0.343. The summed E-state index contributed by atoms with van der Waals surface area (Å²) in [5.74, 6) is 0.572. The smallest absolute Gasteiger partial charge is 0.123 e. The number of pyridine rings is 1. The molecule has 0 aliphatic heterocycles. The molecule has 0 spiro atoms. The minimum absolute atomic E-state index is 0.0660. The first-order valence-electron chi connectivity index (χ1n) is 8.48. The molecule has 0 unspecified atom stereocenters. The zero-order chi connectivity index (χ0) is 18.7. The van der Waals surface area contributed by atoms with Crippen LogP contribution in [0.4, 0.5) is 4.39 Å². The maximum Gasteiger partial charge on any atom is 0.123 e. The van der Waals surface area contributed by atoms with Crippen molar-refractivity contribution in [1.29, 1.82) is 0 Å². The molecule has 0 amide bonds. The SMILES string of the molecule is CC(C)(C)c1nc(-c2ccc(F)cc2)c(-c2ccncc2)n1C=CCO. The second-order valence-corrected chi connectivity index (χ2v) is 7.06. The largest absolute Gasteiger partial charge is 0.392 e. The summed E-state index contributed by atoms with van der Waals surface area (Å²) in [6.45, 7) is 6.19.